The summed E-state index contributed by atoms with van der Waals surface area (Å²) in [5.41, 5.74) is 5.77. The van der Waals surface area contributed by atoms with E-state index in [0.29, 0.717) is 11.9 Å². The second-order valence-corrected chi connectivity index (χ2v) is 5.31. The molecule has 0 bridgehead atoms. The molecule has 2 rings (SSSR count). The maximum absolute atomic E-state index is 5.77. The summed E-state index contributed by atoms with van der Waals surface area (Å²) in [4.78, 5) is 13.0. The number of hydrogen-bond acceptors (Lipinski definition) is 5. The maximum atomic E-state index is 5.77. The smallest absolute Gasteiger partial charge is 0.148 e. The Labute approximate surface area is 110 Å². The summed E-state index contributed by atoms with van der Waals surface area (Å²) >= 11 is 3.45. The van der Waals surface area contributed by atoms with Crippen molar-refractivity contribution < 1.29 is 0 Å². The molecule has 0 aliphatic carbocycles. The second kappa shape index (κ2) is 5.18. The van der Waals surface area contributed by atoms with Gasteiger partial charge in [-0.3, -0.25) is 4.90 Å². The maximum Gasteiger partial charge on any atom is 0.148 e. The minimum atomic E-state index is 0.501. The molecule has 5 nitrogen and oxygen atoms in total. The van der Waals surface area contributed by atoms with Crippen molar-refractivity contribution in [1.82, 2.24) is 14.9 Å². The summed E-state index contributed by atoms with van der Waals surface area (Å²) in [5, 5.41) is 0. The summed E-state index contributed by atoms with van der Waals surface area (Å²) < 4.78 is 0.804. The van der Waals surface area contributed by atoms with Crippen LogP contribution in [0.3, 0.4) is 0 Å². The fourth-order valence-electron chi connectivity index (χ4n) is 2.04. The van der Waals surface area contributed by atoms with Crippen molar-refractivity contribution in [3.8, 4) is 0 Å². The van der Waals surface area contributed by atoms with Crippen LogP contribution in [-0.4, -0.2) is 47.1 Å². The molecule has 1 aliphatic rings. The van der Waals surface area contributed by atoms with E-state index < -0.39 is 0 Å². The Hall–Kier alpha value is -0.880. The highest BCUT2D eigenvalue weighted by Crippen LogP contribution is 2.28. The average molecular weight is 300 g/mol. The first-order chi connectivity index (χ1) is 8.09. The predicted octanol–water partition coefficient (Wildman–Crippen LogP) is 1.35. The van der Waals surface area contributed by atoms with Crippen LogP contribution in [0, 0.1) is 0 Å². The van der Waals surface area contributed by atoms with Gasteiger partial charge >= 0.3 is 0 Å². The van der Waals surface area contributed by atoms with Gasteiger partial charge in [-0.25, -0.2) is 9.97 Å². The van der Waals surface area contributed by atoms with E-state index in [1.54, 1.807) is 0 Å². The molecule has 2 N–H and O–H groups in total. The first-order valence-electron chi connectivity index (χ1n) is 5.84. The Morgan fingerprint density at radius 2 is 1.88 bits per heavy atom. The molecule has 0 saturated carbocycles. The van der Waals surface area contributed by atoms with E-state index >= 15 is 0 Å². The lowest BCUT2D eigenvalue weighted by Gasteiger charge is -2.37. The first kappa shape index (κ1) is 12.6. The number of piperazine rings is 1. The van der Waals surface area contributed by atoms with Gasteiger partial charge in [0, 0.05) is 32.2 Å². The summed E-state index contributed by atoms with van der Waals surface area (Å²) in [6.45, 7) is 8.55. The third-order valence-electron chi connectivity index (χ3n) is 3.14. The van der Waals surface area contributed by atoms with E-state index in [1.165, 1.54) is 6.33 Å². The molecular formula is C11H18BrN5. The first-order valence-corrected chi connectivity index (χ1v) is 6.64. The average Bonchev–Trinajstić information content (AvgIpc) is 2.33. The van der Waals surface area contributed by atoms with E-state index in [0.717, 1.165) is 36.5 Å². The molecule has 1 aliphatic heterocycles. The third-order valence-corrected chi connectivity index (χ3v) is 3.90. The third kappa shape index (κ3) is 2.69. The molecule has 1 saturated heterocycles. The molecule has 0 spiro atoms. The van der Waals surface area contributed by atoms with Crippen molar-refractivity contribution in [2.75, 3.05) is 36.8 Å². The van der Waals surface area contributed by atoms with E-state index in [4.69, 9.17) is 5.73 Å². The number of nitrogens with zero attached hydrogens (tertiary/aromatic N) is 4. The Morgan fingerprint density at radius 3 is 2.47 bits per heavy atom. The molecule has 0 radical (unpaired) electrons. The quantitative estimate of drug-likeness (QED) is 0.893. The Kier molecular flexibility index (Phi) is 3.83. The lowest BCUT2D eigenvalue weighted by Crippen LogP contribution is -2.49. The van der Waals surface area contributed by atoms with Gasteiger partial charge in [-0.1, -0.05) is 0 Å². The van der Waals surface area contributed by atoms with Crippen molar-refractivity contribution >= 4 is 27.6 Å². The van der Waals surface area contributed by atoms with Gasteiger partial charge in [-0.05, 0) is 29.8 Å². The number of nitrogens with two attached hydrogens (primary N) is 1. The fourth-order valence-corrected chi connectivity index (χ4v) is 2.50. The van der Waals surface area contributed by atoms with E-state index in [9.17, 15) is 0 Å². The van der Waals surface area contributed by atoms with Crippen LogP contribution in [0.5, 0.6) is 0 Å². The van der Waals surface area contributed by atoms with Crippen LogP contribution in [0.1, 0.15) is 13.8 Å². The van der Waals surface area contributed by atoms with Crippen molar-refractivity contribution in [1.29, 1.82) is 0 Å². The van der Waals surface area contributed by atoms with E-state index in [2.05, 4.69) is 49.5 Å². The van der Waals surface area contributed by atoms with Crippen LogP contribution in [-0.2, 0) is 0 Å². The molecule has 1 aromatic rings. The number of aromatic nitrogens is 2. The fraction of sp³-hybridized carbons (Fsp3) is 0.636. The molecule has 2 heterocycles. The minimum absolute atomic E-state index is 0.501. The van der Waals surface area contributed by atoms with Crippen LogP contribution in [0.4, 0.5) is 11.6 Å². The van der Waals surface area contributed by atoms with Gasteiger partial charge in [-0.15, -0.1) is 0 Å². The lowest BCUT2D eigenvalue weighted by atomic mass is 10.2. The number of hydrogen-bond donors (Lipinski definition) is 1. The van der Waals surface area contributed by atoms with Gasteiger partial charge in [0.15, 0.2) is 0 Å². The van der Waals surface area contributed by atoms with Crippen molar-refractivity contribution in [3.63, 3.8) is 0 Å². The normalized spacial score (nSPS) is 17.8. The minimum Gasteiger partial charge on any atom is -0.383 e. The van der Waals surface area contributed by atoms with E-state index in [-0.39, 0.29) is 0 Å². The van der Waals surface area contributed by atoms with Crippen LogP contribution in [0.2, 0.25) is 0 Å². The van der Waals surface area contributed by atoms with Crippen LogP contribution >= 0.6 is 15.9 Å². The Bertz CT molecular complexity index is 387. The van der Waals surface area contributed by atoms with E-state index in [1.807, 2.05) is 0 Å². The highest BCUT2D eigenvalue weighted by atomic mass is 79.9. The van der Waals surface area contributed by atoms with Crippen molar-refractivity contribution in [3.05, 3.63) is 10.8 Å². The number of halogens is 1. The number of anilines is 2. The van der Waals surface area contributed by atoms with Crippen LogP contribution < -0.4 is 10.6 Å². The molecule has 1 fully saturated rings. The van der Waals surface area contributed by atoms with Crippen molar-refractivity contribution in [2.24, 2.45) is 0 Å². The summed E-state index contributed by atoms with van der Waals surface area (Å²) in [6, 6.07) is 0.607. The second-order valence-electron chi connectivity index (χ2n) is 4.51. The zero-order valence-electron chi connectivity index (χ0n) is 10.2. The summed E-state index contributed by atoms with van der Waals surface area (Å²) in [6.07, 6.45) is 1.52. The van der Waals surface area contributed by atoms with Gasteiger partial charge in [0.25, 0.3) is 0 Å². The summed E-state index contributed by atoms with van der Waals surface area (Å²) in [7, 11) is 0. The topological polar surface area (TPSA) is 58.3 Å². The predicted molar refractivity (Wildman–Crippen MR) is 73.1 cm³/mol. The number of nitrogen functional groups attached to an aromatic ring is 1. The standard InChI is InChI=1S/C11H18BrN5/c1-8(2)16-3-5-17(6-4-16)11-9(12)10(13)14-7-15-11/h7-8H,3-6H2,1-2H3,(H2,13,14,15). The molecule has 17 heavy (non-hydrogen) atoms. The molecule has 6 heteroatoms. The highest BCUT2D eigenvalue weighted by Gasteiger charge is 2.21. The molecule has 0 amide bonds. The Morgan fingerprint density at radius 1 is 1.24 bits per heavy atom. The van der Waals surface area contributed by atoms with Crippen LogP contribution in [0.25, 0.3) is 0 Å². The lowest BCUT2D eigenvalue weighted by molar-refractivity contribution is 0.209. The molecule has 94 valence electrons. The largest absolute Gasteiger partial charge is 0.383 e. The molecule has 0 unspecified atom stereocenters. The zero-order chi connectivity index (χ0) is 12.4. The van der Waals surface area contributed by atoms with Crippen LogP contribution in [0.15, 0.2) is 10.8 Å². The molecule has 0 aromatic carbocycles. The molecule has 0 atom stereocenters. The van der Waals surface area contributed by atoms with Gasteiger partial charge in [0.1, 0.15) is 22.4 Å². The Balaban J connectivity index is 2.08. The van der Waals surface area contributed by atoms with Crippen molar-refractivity contribution in [2.45, 2.75) is 19.9 Å². The summed E-state index contributed by atoms with van der Waals surface area (Å²) in [5.74, 6) is 1.40. The van der Waals surface area contributed by atoms with Gasteiger partial charge in [0.2, 0.25) is 0 Å². The van der Waals surface area contributed by atoms with Gasteiger partial charge in [-0.2, -0.15) is 0 Å². The molecule has 1 aromatic heterocycles. The van der Waals surface area contributed by atoms with Gasteiger partial charge in [0.05, 0.1) is 0 Å². The molecular weight excluding hydrogens is 282 g/mol. The number of rotatable bonds is 2. The van der Waals surface area contributed by atoms with Gasteiger partial charge < -0.3 is 10.6 Å². The highest BCUT2D eigenvalue weighted by molar-refractivity contribution is 9.10. The zero-order valence-corrected chi connectivity index (χ0v) is 11.8. The monoisotopic (exact) mass is 299 g/mol. The SMILES string of the molecule is CC(C)N1CCN(c2ncnc(N)c2Br)CC1.